The van der Waals surface area contributed by atoms with Crippen molar-refractivity contribution in [3.63, 3.8) is 0 Å². The predicted molar refractivity (Wildman–Crippen MR) is 136 cm³/mol. The lowest BCUT2D eigenvalue weighted by molar-refractivity contribution is 0.102. The average Bonchev–Trinajstić information content (AvgIpc) is 3.53. The predicted octanol–water partition coefficient (Wildman–Crippen LogP) is 2.52. The van der Waals surface area contributed by atoms with Crippen LogP contribution in [-0.2, 0) is 11.8 Å². The Morgan fingerprint density at radius 1 is 1.22 bits per heavy atom. The molecule has 10 nitrogen and oxygen atoms in total. The molecule has 2 aliphatic rings. The van der Waals surface area contributed by atoms with Gasteiger partial charge in [-0.2, -0.15) is 5.10 Å². The molecule has 3 N–H and O–H groups in total. The molecular formula is C25H27FN8O2. The van der Waals surface area contributed by atoms with Gasteiger partial charge >= 0.3 is 0 Å². The highest BCUT2D eigenvalue weighted by Gasteiger charge is 2.22. The third kappa shape index (κ3) is 4.31. The minimum Gasteiger partial charge on any atom is -0.379 e. The zero-order valence-electron chi connectivity index (χ0n) is 19.9. The molecule has 11 heteroatoms. The summed E-state index contributed by atoms with van der Waals surface area (Å²) < 4.78 is 21.6. The van der Waals surface area contributed by atoms with E-state index in [0.29, 0.717) is 41.3 Å². The summed E-state index contributed by atoms with van der Waals surface area (Å²) in [6, 6.07) is 6.85. The van der Waals surface area contributed by atoms with E-state index in [0.717, 1.165) is 43.7 Å². The first-order valence-corrected chi connectivity index (χ1v) is 12.1. The third-order valence-electron chi connectivity index (χ3n) is 6.63. The van der Waals surface area contributed by atoms with Crippen LogP contribution in [0.2, 0.25) is 0 Å². The van der Waals surface area contributed by atoms with Gasteiger partial charge in [-0.15, -0.1) is 0 Å². The number of fused-ring (bicyclic) bond motifs is 2. The molecule has 186 valence electrons. The SMILES string of the molecule is Cn1cc2cc(NC(=O)c3ccc(N4CCNCC4)c4cnc(NC5CCOC5)nc34)cc(F)c2n1. The lowest BCUT2D eigenvalue weighted by atomic mass is 10.1. The van der Waals surface area contributed by atoms with E-state index in [2.05, 4.69) is 30.9 Å². The van der Waals surface area contributed by atoms with Crippen molar-refractivity contribution in [1.82, 2.24) is 25.1 Å². The summed E-state index contributed by atoms with van der Waals surface area (Å²) in [7, 11) is 1.73. The maximum absolute atomic E-state index is 14.6. The molecule has 2 aromatic heterocycles. The molecule has 1 atom stereocenters. The number of hydrogen-bond acceptors (Lipinski definition) is 8. The van der Waals surface area contributed by atoms with Crippen LogP contribution in [0.4, 0.5) is 21.7 Å². The Morgan fingerprint density at radius 3 is 2.89 bits per heavy atom. The number of carbonyl (C=O) groups excluding carboxylic acids is 1. The van der Waals surface area contributed by atoms with Gasteiger partial charge in [-0.05, 0) is 30.7 Å². The van der Waals surface area contributed by atoms with E-state index >= 15 is 0 Å². The number of amides is 1. The Balaban J connectivity index is 1.38. The van der Waals surface area contributed by atoms with E-state index in [-0.39, 0.29) is 17.5 Å². The van der Waals surface area contributed by atoms with Crippen molar-refractivity contribution in [2.75, 3.05) is 54.9 Å². The molecule has 0 spiro atoms. The second-order valence-electron chi connectivity index (χ2n) is 9.18. The zero-order valence-corrected chi connectivity index (χ0v) is 19.9. The Bertz CT molecular complexity index is 1440. The topological polar surface area (TPSA) is 109 Å². The fourth-order valence-corrected chi connectivity index (χ4v) is 4.85. The number of rotatable bonds is 5. The molecular weight excluding hydrogens is 463 g/mol. The number of benzene rings is 2. The maximum atomic E-state index is 14.6. The number of anilines is 3. The van der Waals surface area contributed by atoms with E-state index in [4.69, 9.17) is 9.72 Å². The molecule has 2 aliphatic heterocycles. The number of nitrogens with one attached hydrogen (secondary N) is 3. The average molecular weight is 491 g/mol. The normalized spacial score (nSPS) is 18.2. The molecule has 6 rings (SSSR count). The molecule has 36 heavy (non-hydrogen) atoms. The molecule has 1 amide bonds. The Hall–Kier alpha value is -3.83. The fraction of sp³-hybridized carbons (Fsp3) is 0.360. The van der Waals surface area contributed by atoms with E-state index in [9.17, 15) is 9.18 Å². The van der Waals surface area contributed by atoms with Gasteiger partial charge in [0.2, 0.25) is 5.95 Å². The van der Waals surface area contributed by atoms with E-state index in [1.807, 2.05) is 6.07 Å². The highest BCUT2D eigenvalue weighted by atomic mass is 19.1. The van der Waals surface area contributed by atoms with Crippen molar-refractivity contribution in [2.24, 2.45) is 7.05 Å². The number of hydrogen-bond donors (Lipinski definition) is 3. The summed E-state index contributed by atoms with van der Waals surface area (Å²) in [5, 5.41) is 15.1. The standard InChI is InChI=1S/C25H27FN8O2/c1-33-13-15-10-17(11-20(26)22(15)32-33)29-24(35)18-2-3-21(34-7-5-27-6-8-34)19-12-28-25(31-23(18)19)30-16-4-9-36-14-16/h2-3,10-13,16,27H,4-9,14H2,1H3,(H,29,35)(H,28,30,31). The van der Waals surface area contributed by atoms with Gasteiger partial charge in [-0.1, -0.05) is 0 Å². The third-order valence-corrected chi connectivity index (χ3v) is 6.63. The lowest BCUT2D eigenvalue weighted by Gasteiger charge is -2.30. The van der Waals surface area contributed by atoms with Crippen molar-refractivity contribution in [1.29, 1.82) is 0 Å². The molecule has 4 aromatic rings. The number of aryl methyl sites for hydroxylation is 1. The summed E-state index contributed by atoms with van der Waals surface area (Å²) in [4.78, 5) is 25.0. The minimum absolute atomic E-state index is 0.130. The number of carbonyl (C=O) groups is 1. The van der Waals surface area contributed by atoms with Crippen molar-refractivity contribution >= 4 is 45.0 Å². The van der Waals surface area contributed by atoms with Gasteiger partial charge in [-0.25, -0.2) is 14.4 Å². The van der Waals surface area contributed by atoms with Gasteiger partial charge in [0, 0.05) is 74.4 Å². The van der Waals surface area contributed by atoms with Crippen molar-refractivity contribution in [3.8, 4) is 0 Å². The number of aromatic nitrogens is 4. The highest BCUT2D eigenvalue weighted by Crippen LogP contribution is 2.30. The number of halogens is 1. The monoisotopic (exact) mass is 490 g/mol. The van der Waals surface area contributed by atoms with E-state index in [1.54, 1.807) is 36.3 Å². The molecule has 2 saturated heterocycles. The minimum atomic E-state index is -0.491. The first-order chi connectivity index (χ1) is 17.5. The van der Waals surface area contributed by atoms with Crippen LogP contribution in [0.15, 0.2) is 36.7 Å². The quantitative estimate of drug-likeness (QED) is 0.392. The summed E-state index contributed by atoms with van der Waals surface area (Å²) in [5.74, 6) is -0.411. The van der Waals surface area contributed by atoms with Crippen LogP contribution in [0.3, 0.4) is 0 Å². The van der Waals surface area contributed by atoms with Gasteiger partial charge in [0.25, 0.3) is 5.91 Å². The van der Waals surface area contributed by atoms with Crippen LogP contribution in [0.1, 0.15) is 16.8 Å². The zero-order chi connectivity index (χ0) is 24.6. The molecule has 2 fully saturated rings. The number of nitrogens with zero attached hydrogens (tertiary/aromatic N) is 5. The molecule has 1 unspecified atom stereocenters. The van der Waals surface area contributed by atoms with Gasteiger partial charge < -0.3 is 25.6 Å². The smallest absolute Gasteiger partial charge is 0.257 e. The van der Waals surface area contributed by atoms with E-state index < -0.39 is 5.82 Å². The highest BCUT2D eigenvalue weighted by molar-refractivity contribution is 6.14. The van der Waals surface area contributed by atoms with Crippen molar-refractivity contribution in [2.45, 2.75) is 12.5 Å². The largest absolute Gasteiger partial charge is 0.379 e. The lowest BCUT2D eigenvalue weighted by Crippen LogP contribution is -2.43. The summed E-state index contributed by atoms with van der Waals surface area (Å²) in [5.41, 5.74) is 2.54. The first-order valence-electron chi connectivity index (χ1n) is 12.1. The van der Waals surface area contributed by atoms with Crippen LogP contribution in [0.5, 0.6) is 0 Å². The molecule has 0 bridgehead atoms. The van der Waals surface area contributed by atoms with Crippen LogP contribution < -0.4 is 20.9 Å². The molecule has 4 heterocycles. The summed E-state index contributed by atoms with van der Waals surface area (Å²) in [6.45, 7) is 4.76. The molecule has 0 saturated carbocycles. The Morgan fingerprint density at radius 2 is 2.08 bits per heavy atom. The van der Waals surface area contributed by atoms with Crippen LogP contribution in [0, 0.1) is 5.82 Å². The summed E-state index contributed by atoms with van der Waals surface area (Å²) in [6.07, 6.45) is 4.36. The maximum Gasteiger partial charge on any atom is 0.257 e. The van der Waals surface area contributed by atoms with Crippen LogP contribution in [-0.4, -0.2) is 71.1 Å². The number of piperazine rings is 1. The van der Waals surface area contributed by atoms with Crippen LogP contribution >= 0.6 is 0 Å². The molecule has 0 aliphatic carbocycles. The Kier molecular flexibility index (Phi) is 5.86. The second-order valence-corrected chi connectivity index (χ2v) is 9.18. The summed E-state index contributed by atoms with van der Waals surface area (Å²) >= 11 is 0. The van der Waals surface area contributed by atoms with Gasteiger partial charge in [0.15, 0.2) is 5.82 Å². The number of ether oxygens (including phenoxy) is 1. The van der Waals surface area contributed by atoms with Gasteiger partial charge in [0.1, 0.15) is 5.52 Å². The van der Waals surface area contributed by atoms with Gasteiger partial charge in [0.05, 0.1) is 23.7 Å². The van der Waals surface area contributed by atoms with Crippen molar-refractivity contribution in [3.05, 3.63) is 48.0 Å². The fourth-order valence-electron chi connectivity index (χ4n) is 4.85. The van der Waals surface area contributed by atoms with E-state index in [1.165, 1.54) is 6.07 Å². The van der Waals surface area contributed by atoms with Gasteiger partial charge in [-0.3, -0.25) is 9.48 Å². The van der Waals surface area contributed by atoms with Crippen molar-refractivity contribution < 1.29 is 13.9 Å². The Labute approximate surface area is 206 Å². The molecule has 0 radical (unpaired) electrons. The second kappa shape index (κ2) is 9.32. The molecule has 2 aromatic carbocycles. The van der Waals surface area contributed by atoms with Crippen LogP contribution in [0.25, 0.3) is 21.8 Å². The first kappa shape index (κ1) is 22.6.